The number of hydrogen-bond donors (Lipinski definition) is 3. The average Bonchev–Trinajstić information content (AvgIpc) is 3.27. The molecule has 1 aromatic heterocycles. The van der Waals surface area contributed by atoms with Gasteiger partial charge in [-0.05, 0) is 55.5 Å². The zero-order valence-corrected chi connectivity index (χ0v) is 18.2. The lowest BCUT2D eigenvalue weighted by atomic mass is 10.1. The Hall–Kier alpha value is -3.56. The second kappa shape index (κ2) is 10.4. The van der Waals surface area contributed by atoms with Crippen molar-refractivity contribution < 1.29 is 33.4 Å². The van der Waals surface area contributed by atoms with Crippen LogP contribution in [0, 0.1) is 0 Å². The molecule has 0 bridgehead atoms. The van der Waals surface area contributed by atoms with E-state index < -0.39 is 5.91 Å². The largest absolute Gasteiger partial charge is 0.490 e. The summed E-state index contributed by atoms with van der Waals surface area (Å²) in [5.41, 5.74) is 2.48. The van der Waals surface area contributed by atoms with Crippen LogP contribution in [0.5, 0.6) is 11.5 Å². The first-order chi connectivity index (χ1) is 16.0. The molecular formula is C24H26N2O7. The van der Waals surface area contributed by atoms with Crippen molar-refractivity contribution in [1.29, 1.82) is 0 Å². The zero-order chi connectivity index (χ0) is 23.2. The number of nitrogens with one attached hydrogen (secondary N) is 2. The summed E-state index contributed by atoms with van der Waals surface area (Å²) in [5, 5.41) is 12.2. The number of ether oxygens (including phenoxy) is 3. The Morgan fingerprint density at radius 2 is 1.79 bits per heavy atom. The van der Waals surface area contributed by atoms with E-state index in [-0.39, 0.29) is 30.4 Å². The molecule has 9 heteroatoms. The third-order valence-electron chi connectivity index (χ3n) is 5.29. The zero-order valence-electron chi connectivity index (χ0n) is 18.2. The van der Waals surface area contributed by atoms with E-state index in [1.165, 1.54) is 12.1 Å². The van der Waals surface area contributed by atoms with Crippen molar-refractivity contribution in [3.8, 4) is 11.5 Å². The lowest BCUT2D eigenvalue weighted by Gasteiger charge is -2.23. The van der Waals surface area contributed by atoms with Gasteiger partial charge in [-0.25, -0.2) is 5.48 Å². The van der Waals surface area contributed by atoms with Gasteiger partial charge in [0.15, 0.2) is 5.76 Å². The van der Waals surface area contributed by atoms with Crippen LogP contribution >= 0.6 is 0 Å². The second-order valence-electron chi connectivity index (χ2n) is 7.84. The van der Waals surface area contributed by atoms with Crippen molar-refractivity contribution in [2.24, 2.45) is 0 Å². The Labute approximate surface area is 190 Å². The first-order valence-electron chi connectivity index (χ1n) is 10.8. The van der Waals surface area contributed by atoms with Crippen LogP contribution in [0.25, 0.3) is 11.0 Å². The van der Waals surface area contributed by atoms with E-state index in [0.29, 0.717) is 30.1 Å². The molecule has 1 aliphatic rings. The standard InChI is InChI=1S/C24H26N2O7/c1-15(31-18-4-2-16(3-5-18)23(27)26-29)14-25-24(28)22-13-17-12-20(6-7-21(17)33-22)32-19-8-10-30-11-9-19/h2-7,12-13,15,19,29H,8-11,14H2,1H3,(H,25,28)(H,26,27)/t15-/m1/s1. The summed E-state index contributed by atoms with van der Waals surface area (Å²) in [4.78, 5) is 23.9. The third kappa shape index (κ3) is 5.82. The maximum Gasteiger partial charge on any atom is 0.287 e. The fraction of sp³-hybridized carbons (Fsp3) is 0.333. The van der Waals surface area contributed by atoms with Crippen LogP contribution in [-0.2, 0) is 4.74 Å². The molecule has 1 atom stereocenters. The smallest absolute Gasteiger partial charge is 0.287 e. The minimum absolute atomic E-state index is 0.135. The third-order valence-corrected chi connectivity index (χ3v) is 5.29. The van der Waals surface area contributed by atoms with E-state index in [9.17, 15) is 9.59 Å². The van der Waals surface area contributed by atoms with Crippen LogP contribution in [-0.4, -0.2) is 49.0 Å². The molecule has 1 fully saturated rings. The highest BCUT2D eigenvalue weighted by Crippen LogP contribution is 2.26. The Bertz CT molecular complexity index is 1100. The minimum atomic E-state index is -0.602. The summed E-state index contributed by atoms with van der Waals surface area (Å²) < 4.78 is 22.8. The molecule has 3 N–H and O–H groups in total. The molecular weight excluding hydrogens is 428 g/mol. The summed E-state index contributed by atoms with van der Waals surface area (Å²) in [5.74, 6) is 0.539. The molecule has 2 aromatic carbocycles. The first-order valence-corrected chi connectivity index (χ1v) is 10.8. The van der Waals surface area contributed by atoms with Crippen LogP contribution < -0.4 is 20.3 Å². The maximum atomic E-state index is 12.6. The molecule has 1 aliphatic heterocycles. The molecule has 0 spiro atoms. The quantitative estimate of drug-likeness (QED) is 0.353. The number of furan rings is 1. The van der Waals surface area contributed by atoms with Crippen molar-refractivity contribution in [2.75, 3.05) is 19.8 Å². The van der Waals surface area contributed by atoms with E-state index >= 15 is 0 Å². The minimum Gasteiger partial charge on any atom is -0.490 e. The number of hydroxylamine groups is 1. The molecule has 0 unspecified atom stereocenters. The Kier molecular flexibility index (Phi) is 7.11. The van der Waals surface area contributed by atoms with Gasteiger partial charge in [-0.3, -0.25) is 14.8 Å². The molecule has 0 saturated carbocycles. The van der Waals surface area contributed by atoms with Gasteiger partial charge in [0.05, 0.1) is 19.8 Å². The Balaban J connectivity index is 1.31. The van der Waals surface area contributed by atoms with Gasteiger partial charge in [-0.15, -0.1) is 0 Å². The van der Waals surface area contributed by atoms with Gasteiger partial charge in [-0.2, -0.15) is 0 Å². The summed E-state index contributed by atoms with van der Waals surface area (Å²) >= 11 is 0. The average molecular weight is 454 g/mol. The van der Waals surface area contributed by atoms with Gasteiger partial charge in [0, 0.05) is 23.8 Å². The SMILES string of the molecule is C[C@H](CNC(=O)c1cc2cc(OC3CCOCC3)ccc2o1)Oc1ccc(C(=O)NO)cc1. The molecule has 174 valence electrons. The number of hydrogen-bond acceptors (Lipinski definition) is 7. The van der Waals surface area contributed by atoms with Crippen LogP contribution in [0.15, 0.2) is 52.9 Å². The van der Waals surface area contributed by atoms with Gasteiger partial charge in [-0.1, -0.05) is 0 Å². The highest BCUT2D eigenvalue weighted by atomic mass is 16.5. The fourth-order valence-electron chi connectivity index (χ4n) is 3.54. The molecule has 0 aliphatic carbocycles. The molecule has 9 nitrogen and oxygen atoms in total. The number of carbonyl (C=O) groups excluding carboxylic acids is 2. The molecule has 3 aromatic rings. The topological polar surface area (TPSA) is 119 Å². The molecule has 4 rings (SSSR count). The van der Waals surface area contributed by atoms with Crippen molar-refractivity contribution in [3.63, 3.8) is 0 Å². The molecule has 0 radical (unpaired) electrons. The number of amides is 2. The lowest BCUT2D eigenvalue weighted by Crippen LogP contribution is -2.33. The van der Waals surface area contributed by atoms with E-state index in [4.69, 9.17) is 23.8 Å². The van der Waals surface area contributed by atoms with Crippen molar-refractivity contribution in [2.45, 2.75) is 32.0 Å². The Morgan fingerprint density at radius 1 is 1.06 bits per heavy atom. The normalized spacial score (nSPS) is 15.1. The van der Waals surface area contributed by atoms with Gasteiger partial charge in [0.25, 0.3) is 11.8 Å². The van der Waals surface area contributed by atoms with Crippen LogP contribution in [0.3, 0.4) is 0 Å². The van der Waals surface area contributed by atoms with Crippen molar-refractivity contribution in [3.05, 3.63) is 59.9 Å². The Morgan fingerprint density at radius 3 is 2.52 bits per heavy atom. The maximum absolute atomic E-state index is 12.6. The molecule has 2 heterocycles. The van der Waals surface area contributed by atoms with E-state index in [1.54, 1.807) is 29.7 Å². The predicted octanol–water partition coefficient (Wildman–Crippen LogP) is 3.31. The summed E-state index contributed by atoms with van der Waals surface area (Å²) in [7, 11) is 0. The summed E-state index contributed by atoms with van der Waals surface area (Å²) in [6, 6.07) is 13.5. The fourth-order valence-corrected chi connectivity index (χ4v) is 3.54. The second-order valence-corrected chi connectivity index (χ2v) is 7.84. The van der Waals surface area contributed by atoms with Crippen molar-refractivity contribution in [1.82, 2.24) is 10.8 Å². The van der Waals surface area contributed by atoms with Gasteiger partial charge in [0.2, 0.25) is 0 Å². The first kappa shape index (κ1) is 22.6. The monoisotopic (exact) mass is 454 g/mol. The van der Waals surface area contributed by atoms with E-state index in [1.807, 2.05) is 19.1 Å². The summed E-state index contributed by atoms with van der Waals surface area (Å²) in [6.07, 6.45) is 1.53. The highest BCUT2D eigenvalue weighted by Gasteiger charge is 2.17. The van der Waals surface area contributed by atoms with Gasteiger partial charge < -0.3 is 23.9 Å². The van der Waals surface area contributed by atoms with E-state index in [0.717, 1.165) is 24.0 Å². The van der Waals surface area contributed by atoms with Gasteiger partial charge in [0.1, 0.15) is 29.3 Å². The molecule has 33 heavy (non-hydrogen) atoms. The highest BCUT2D eigenvalue weighted by molar-refractivity contribution is 5.96. The number of carbonyl (C=O) groups is 2. The van der Waals surface area contributed by atoms with E-state index in [2.05, 4.69) is 5.32 Å². The number of fused-ring (bicyclic) bond motifs is 1. The molecule has 2 amide bonds. The lowest BCUT2D eigenvalue weighted by molar-refractivity contribution is 0.0256. The predicted molar refractivity (Wildman–Crippen MR) is 119 cm³/mol. The van der Waals surface area contributed by atoms with Crippen LogP contribution in [0.1, 0.15) is 40.7 Å². The van der Waals surface area contributed by atoms with Gasteiger partial charge >= 0.3 is 0 Å². The van der Waals surface area contributed by atoms with Crippen LogP contribution in [0.4, 0.5) is 0 Å². The molecule has 1 saturated heterocycles. The van der Waals surface area contributed by atoms with Crippen LogP contribution in [0.2, 0.25) is 0 Å². The number of benzene rings is 2. The number of rotatable bonds is 8. The van der Waals surface area contributed by atoms with Crippen molar-refractivity contribution >= 4 is 22.8 Å². The summed E-state index contributed by atoms with van der Waals surface area (Å²) in [6.45, 7) is 3.48.